The summed E-state index contributed by atoms with van der Waals surface area (Å²) < 4.78 is 5.24. The number of hydrogen-bond acceptors (Lipinski definition) is 3. The van der Waals surface area contributed by atoms with E-state index in [2.05, 4.69) is 12.6 Å². The number of benzene rings is 1. The first-order valence-electron chi connectivity index (χ1n) is 6.46. The predicted octanol–water partition coefficient (Wildman–Crippen LogP) is 3.37. The van der Waals surface area contributed by atoms with Gasteiger partial charge in [-0.3, -0.25) is 0 Å². The monoisotopic (exact) mass is 257 g/mol. The molecule has 0 aliphatic rings. The lowest BCUT2D eigenvalue weighted by molar-refractivity contribution is -0.148. The van der Waals surface area contributed by atoms with E-state index in [-0.39, 0.29) is 6.42 Å². The van der Waals surface area contributed by atoms with Gasteiger partial charge in [0.15, 0.2) is 5.41 Å². The third-order valence-corrected chi connectivity index (χ3v) is 2.99. The van der Waals surface area contributed by atoms with Crippen molar-refractivity contribution in [3.8, 4) is 6.07 Å². The highest BCUT2D eigenvalue weighted by atomic mass is 16.5. The molecule has 3 heteroatoms. The van der Waals surface area contributed by atoms with Crippen LogP contribution in [0.25, 0.3) is 0 Å². The summed E-state index contributed by atoms with van der Waals surface area (Å²) in [6.07, 6.45) is 3.57. The van der Waals surface area contributed by atoms with Gasteiger partial charge in [0.2, 0.25) is 0 Å². The summed E-state index contributed by atoms with van der Waals surface area (Å²) in [6, 6.07) is 11.1. The number of carbonyl (C=O) groups is 1. The molecule has 3 nitrogen and oxygen atoms in total. The Morgan fingerprint density at radius 3 is 2.68 bits per heavy atom. The van der Waals surface area contributed by atoms with Crippen molar-refractivity contribution in [1.82, 2.24) is 0 Å². The molecule has 0 radical (unpaired) electrons. The van der Waals surface area contributed by atoms with Crippen LogP contribution >= 0.6 is 0 Å². The minimum absolute atomic E-state index is 0.248. The van der Waals surface area contributed by atoms with E-state index in [1.54, 1.807) is 18.2 Å². The van der Waals surface area contributed by atoms with Gasteiger partial charge in [-0.1, -0.05) is 49.8 Å². The molecule has 0 heterocycles. The number of allylic oxidation sites excluding steroid dienone is 1. The number of ether oxygens (including phenoxy) is 1. The number of unbranched alkanes of at least 4 members (excludes halogenated alkanes) is 1. The van der Waals surface area contributed by atoms with Gasteiger partial charge < -0.3 is 4.74 Å². The molecule has 1 rings (SSSR count). The fourth-order valence-corrected chi connectivity index (χ4v) is 1.85. The molecule has 0 aliphatic carbocycles. The highest BCUT2D eigenvalue weighted by molar-refractivity contribution is 5.87. The molecule has 0 aromatic heterocycles. The average molecular weight is 257 g/mol. The van der Waals surface area contributed by atoms with E-state index in [1.807, 2.05) is 25.1 Å². The zero-order valence-corrected chi connectivity index (χ0v) is 11.3. The van der Waals surface area contributed by atoms with Crippen molar-refractivity contribution in [2.75, 3.05) is 6.61 Å². The van der Waals surface area contributed by atoms with E-state index in [0.717, 1.165) is 12.8 Å². The molecule has 19 heavy (non-hydrogen) atoms. The minimum atomic E-state index is -1.28. The van der Waals surface area contributed by atoms with Crippen LogP contribution < -0.4 is 0 Å². The maximum absolute atomic E-state index is 12.3. The van der Waals surface area contributed by atoms with E-state index >= 15 is 0 Å². The summed E-state index contributed by atoms with van der Waals surface area (Å²) in [6.45, 7) is 6.01. The summed E-state index contributed by atoms with van der Waals surface area (Å²) in [5.41, 5.74) is -0.629. The summed E-state index contributed by atoms with van der Waals surface area (Å²) in [5, 5.41) is 9.49. The molecule has 0 saturated heterocycles. The number of rotatable bonds is 7. The van der Waals surface area contributed by atoms with Crippen LogP contribution in [0.2, 0.25) is 0 Å². The lowest BCUT2D eigenvalue weighted by atomic mass is 9.79. The molecule has 0 bridgehead atoms. The molecule has 1 aromatic rings. The average Bonchev–Trinajstić information content (AvgIpc) is 2.46. The molecule has 1 aromatic carbocycles. The summed E-state index contributed by atoms with van der Waals surface area (Å²) in [4.78, 5) is 12.3. The van der Waals surface area contributed by atoms with E-state index in [1.165, 1.54) is 0 Å². The van der Waals surface area contributed by atoms with Crippen molar-refractivity contribution in [2.45, 2.75) is 31.6 Å². The van der Waals surface area contributed by atoms with Gasteiger partial charge in [-0.15, -0.1) is 6.58 Å². The number of carbonyl (C=O) groups excluding carboxylic acids is 1. The Bertz CT molecular complexity index is 461. The Kier molecular flexibility index (Phi) is 5.81. The van der Waals surface area contributed by atoms with Crippen molar-refractivity contribution in [2.24, 2.45) is 0 Å². The zero-order valence-electron chi connectivity index (χ0n) is 11.3. The Hall–Kier alpha value is -2.08. The normalized spacial score (nSPS) is 13.1. The molecular weight excluding hydrogens is 238 g/mol. The fraction of sp³-hybridized carbons (Fsp3) is 0.375. The SMILES string of the molecule is C=CC[C@@](C#N)(C(=O)OCCCC)c1ccccc1. The molecule has 1 atom stereocenters. The molecular formula is C16H19NO2. The Morgan fingerprint density at radius 2 is 2.16 bits per heavy atom. The van der Waals surface area contributed by atoms with Gasteiger partial charge in [0.1, 0.15) is 0 Å². The van der Waals surface area contributed by atoms with E-state index in [4.69, 9.17) is 4.74 Å². The van der Waals surface area contributed by atoms with Crippen LogP contribution in [0.15, 0.2) is 43.0 Å². The third-order valence-electron chi connectivity index (χ3n) is 2.99. The first-order chi connectivity index (χ1) is 9.21. The highest BCUT2D eigenvalue weighted by Gasteiger charge is 2.41. The molecule has 0 spiro atoms. The van der Waals surface area contributed by atoms with Crippen LogP contribution in [-0.2, 0) is 14.9 Å². The van der Waals surface area contributed by atoms with Crippen molar-refractivity contribution in [3.63, 3.8) is 0 Å². The second-order valence-corrected chi connectivity index (χ2v) is 4.37. The van der Waals surface area contributed by atoms with Gasteiger partial charge in [0.25, 0.3) is 0 Å². The summed E-state index contributed by atoms with van der Waals surface area (Å²) >= 11 is 0. The second-order valence-electron chi connectivity index (χ2n) is 4.37. The van der Waals surface area contributed by atoms with Crippen molar-refractivity contribution < 1.29 is 9.53 Å². The van der Waals surface area contributed by atoms with Crippen LogP contribution in [0, 0.1) is 11.3 Å². The molecule has 0 aliphatic heterocycles. The lowest BCUT2D eigenvalue weighted by Gasteiger charge is -2.23. The van der Waals surface area contributed by atoms with Crippen LogP contribution in [-0.4, -0.2) is 12.6 Å². The highest BCUT2D eigenvalue weighted by Crippen LogP contribution is 2.29. The van der Waals surface area contributed by atoms with Gasteiger partial charge in [-0.2, -0.15) is 5.26 Å². The van der Waals surface area contributed by atoms with Crippen LogP contribution in [0.5, 0.6) is 0 Å². The quantitative estimate of drug-likeness (QED) is 0.427. The van der Waals surface area contributed by atoms with E-state index in [0.29, 0.717) is 12.2 Å². The van der Waals surface area contributed by atoms with Gasteiger partial charge in [-0.05, 0) is 18.4 Å². The Labute approximate surface area is 114 Å². The van der Waals surface area contributed by atoms with Gasteiger partial charge in [0.05, 0.1) is 12.7 Å². The molecule has 0 saturated carbocycles. The van der Waals surface area contributed by atoms with Gasteiger partial charge in [-0.25, -0.2) is 4.79 Å². The number of nitriles is 1. The Morgan fingerprint density at radius 1 is 1.47 bits per heavy atom. The molecule has 0 amide bonds. The minimum Gasteiger partial charge on any atom is -0.464 e. The summed E-state index contributed by atoms with van der Waals surface area (Å²) in [5.74, 6) is -0.491. The smallest absolute Gasteiger partial charge is 0.331 e. The first-order valence-corrected chi connectivity index (χ1v) is 6.46. The van der Waals surface area contributed by atoms with Crippen LogP contribution in [0.1, 0.15) is 31.7 Å². The maximum Gasteiger partial charge on any atom is 0.331 e. The number of esters is 1. The number of nitrogens with zero attached hydrogens (tertiary/aromatic N) is 1. The number of hydrogen-bond donors (Lipinski definition) is 0. The lowest BCUT2D eigenvalue weighted by Crippen LogP contribution is -2.36. The topological polar surface area (TPSA) is 50.1 Å². The fourth-order valence-electron chi connectivity index (χ4n) is 1.85. The standard InChI is InChI=1S/C16H19NO2/c1-3-5-12-19-15(18)16(13-17,11-4-2)14-9-7-6-8-10-14/h4,6-10H,2-3,5,11-12H2,1H3/t16-/m0/s1. The predicted molar refractivity (Wildman–Crippen MR) is 74.4 cm³/mol. The van der Waals surface area contributed by atoms with Crippen molar-refractivity contribution in [1.29, 1.82) is 5.26 Å². The molecule has 100 valence electrons. The second kappa shape index (κ2) is 7.38. The van der Waals surface area contributed by atoms with Gasteiger partial charge in [0, 0.05) is 0 Å². The summed E-state index contributed by atoms with van der Waals surface area (Å²) in [7, 11) is 0. The third kappa shape index (κ3) is 3.45. The van der Waals surface area contributed by atoms with Crippen molar-refractivity contribution in [3.05, 3.63) is 48.6 Å². The molecule has 0 fully saturated rings. The first kappa shape index (κ1) is 15.0. The van der Waals surface area contributed by atoms with Crippen molar-refractivity contribution >= 4 is 5.97 Å². The van der Waals surface area contributed by atoms with E-state index < -0.39 is 11.4 Å². The van der Waals surface area contributed by atoms with E-state index in [9.17, 15) is 10.1 Å². The van der Waals surface area contributed by atoms with Crippen LogP contribution in [0.4, 0.5) is 0 Å². The zero-order chi connectivity index (χ0) is 14.1. The Balaban J connectivity index is 3.03. The molecule has 0 unspecified atom stereocenters. The molecule has 0 N–H and O–H groups in total. The maximum atomic E-state index is 12.3. The van der Waals surface area contributed by atoms with Gasteiger partial charge >= 0.3 is 5.97 Å². The largest absolute Gasteiger partial charge is 0.464 e. The van der Waals surface area contributed by atoms with Crippen LogP contribution in [0.3, 0.4) is 0 Å².